The molecular formula is C17H21ClN4O3. The summed E-state index contributed by atoms with van der Waals surface area (Å²) in [7, 11) is 0. The summed E-state index contributed by atoms with van der Waals surface area (Å²) in [5.74, 6) is 1.41. The van der Waals surface area contributed by atoms with Gasteiger partial charge in [-0.05, 0) is 30.7 Å². The van der Waals surface area contributed by atoms with E-state index in [1.54, 1.807) is 0 Å². The maximum Gasteiger partial charge on any atom is 0.327 e. The van der Waals surface area contributed by atoms with E-state index in [1.165, 1.54) is 6.07 Å². The third kappa shape index (κ3) is 5.11. The molecule has 0 spiro atoms. The van der Waals surface area contributed by atoms with Crippen LogP contribution in [0.25, 0.3) is 0 Å². The standard InChI is InChI=1S/C17H21ClN4O3/c18-13-2-4-14(5-3-13)25-11-1-6-21-7-9-22(10-8-21)15-12-16(23)20-17(24)19-15/h2-5,12H,1,6-11H2,(H2,19,20,23,24). The van der Waals surface area contributed by atoms with Crippen LogP contribution in [-0.2, 0) is 0 Å². The molecule has 1 aromatic carbocycles. The average molecular weight is 365 g/mol. The Morgan fingerprint density at radius 2 is 1.76 bits per heavy atom. The predicted octanol–water partition coefficient (Wildman–Crippen LogP) is 1.31. The van der Waals surface area contributed by atoms with Crippen molar-refractivity contribution in [3.8, 4) is 5.75 Å². The van der Waals surface area contributed by atoms with Gasteiger partial charge in [-0.25, -0.2) is 4.79 Å². The summed E-state index contributed by atoms with van der Waals surface area (Å²) in [6, 6.07) is 8.79. The highest BCUT2D eigenvalue weighted by Crippen LogP contribution is 2.16. The Balaban J connectivity index is 1.40. The SMILES string of the molecule is O=c1cc(N2CCN(CCCOc3ccc(Cl)cc3)CC2)[nH]c(=O)[nH]1. The smallest absolute Gasteiger partial charge is 0.327 e. The molecule has 2 N–H and O–H groups in total. The molecule has 1 saturated heterocycles. The largest absolute Gasteiger partial charge is 0.494 e. The first kappa shape index (κ1) is 17.6. The van der Waals surface area contributed by atoms with Crippen LogP contribution in [0.15, 0.2) is 39.9 Å². The number of halogens is 1. The van der Waals surface area contributed by atoms with Crippen LogP contribution in [0.4, 0.5) is 5.82 Å². The van der Waals surface area contributed by atoms with Crippen LogP contribution in [0, 0.1) is 0 Å². The Bertz CT molecular complexity index is 766. The van der Waals surface area contributed by atoms with E-state index >= 15 is 0 Å². The number of aromatic amines is 2. The zero-order chi connectivity index (χ0) is 17.6. The van der Waals surface area contributed by atoms with E-state index in [1.807, 2.05) is 29.2 Å². The van der Waals surface area contributed by atoms with E-state index in [0.717, 1.165) is 44.9 Å². The lowest BCUT2D eigenvalue weighted by Gasteiger charge is -2.35. The van der Waals surface area contributed by atoms with Crippen molar-refractivity contribution in [1.29, 1.82) is 0 Å². The normalized spacial score (nSPS) is 15.3. The summed E-state index contributed by atoms with van der Waals surface area (Å²) in [6.45, 7) is 4.93. The molecule has 0 atom stereocenters. The fraction of sp³-hybridized carbons (Fsp3) is 0.412. The zero-order valence-corrected chi connectivity index (χ0v) is 14.6. The number of ether oxygens (including phenoxy) is 1. The number of hydrogen-bond acceptors (Lipinski definition) is 5. The molecule has 134 valence electrons. The lowest BCUT2D eigenvalue weighted by atomic mass is 10.3. The van der Waals surface area contributed by atoms with Crippen LogP contribution >= 0.6 is 11.6 Å². The van der Waals surface area contributed by atoms with Crippen molar-refractivity contribution >= 4 is 17.4 Å². The topological polar surface area (TPSA) is 81.4 Å². The molecule has 0 bridgehead atoms. The van der Waals surface area contributed by atoms with Gasteiger partial charge in [0.25, 0.3) is 5.56 Å². The van der Waals surface area contributed by atoms with Crippen molar-refractivity contribution < 1.29 is 4.74 Å². The fourth-order valence-electron chi connectivity index (χ4n) is 2.85. The van der Waals surface area contributed by atoms with Crippen LogP contribution in [0.1, 0.15) is 6.42 Å². The molecule has 0 amide bonds. The summed E-state index contributed by atoms with van der Waals surface area (Å²) < 4.78 is 5.70. The molecule has 0 saturated carbocycles. The van der Waals surface area contributed by atoms with Crippen LogP contribution in [0.5, 0.6) is 5.75 Å². The molecule has 1 aliphatic rings. The Morgan fingerprint density at radius 3 is 2.44 bits per heavy atom. The second-order valence-electron chi connectivity index (χ2n) is 5.96. The lowest BCUT2D eigenvalue weighted by molar-refractivity contribution is 0.224. The van der Waals surface area contributed by atoms with Gasteiger partial charge in [0.15, 0.2) is 0 Å². The summed E-state index contributed by atoms with van der Waals surface area (Å²) >= 11 is 5.84. The van der Waals surface area contributed by atoms with Gasteiger partial charge in [0.2, 0.25) is 0 Å². The van der Waals surface area contributed by atoms with Gasteiger partial charge in [0.1, 0.15) is 11.6 Å². The quantitative estimate of drug-likeness (QED) is 0.755. The highest BCUT2D eigenvalue weighted by molar-refractivity contribution is 6.30. The average Bonchev–Trinajstić information content (AvgIpc) is 2.60. The van der Waals surface area contributed by atoms with Crippen LogP contribution in [0.2, 0.25) is 5.02 Å². The van der Waals surface area contributed by atoms with E-state index in [-0.39, 0.29) is 5.56 Å². The number of H-pyrrole nitrogens is 2. The molecule has 1 fully saturated rings. The molecule has 25 heavy (non-hydrogen) atoms. The molecule has 0 unspecified atom stereocenters. The number of hydrogen-bond donors (Lipinski definition) is 2. The molecule has 1 aromatic heterocycles. The second-order valence-corrected chi connectivity index (χ2v) is 6.39. The van der Waals surface area contributed by atoms with Gasteiger partial charge in [0, 0.05) is 43.8 Å². The molecule has 8 heteroatoms. The zero-order valence-electron chi connectivity index (χ0n) is 13.8. The van der Waals surface area contributed by atoms with Crippen molar-refractivity contribution in [1.82, 2.24) is 14.9 Å². The van der Waals surface area contributed by atoms with E-state index in [2.05, 4.69) is 14.9 Å². The van der Waals surface area contributed by atoms with Gasteiger partial charge in [-0.1, -0.05) is 11.6 Å². The monoisotopic (exact) mass is 364 g/mol. The number of rotatable bonds is 6. The minimum Gasteiger partial charge on any atom is -0.494 e. The number of piperazine rings is 1. The maximum absolute atomic E-state index is 11.4. The number of aromatic nitrogens is 2. The van der Waals surface area contributed by atoms with Crippen LogP contribution in [0.3, 0.4) is 0 Å². The number of nitrogens with zero attached hydrogens (tertiary/aromatic N) is 2. The van der Waals surface area contributed by atoms with Crippen molar-refractivity contribution in [2.75, 3.05) is 44.2 Å². The minimum absolute atomic E-state index is 0.375. The number of anilines is 1. The number of nitrogens with one attached hydrogen (secondary N) is 2. The van der Waals surface area contributed by atoms with Gasteiger partial charge in [-0.15, -0.1) is 0 Å². The van der Waals surface area contributed by atoms with Crippen LogP contribution < -0.4 is 20.9 Å². The molecule has 0 radical (unpaired) electrons. The van der Waals surface area contributed by atoms with Crippen molar-refractivity contribution in [2.24, 2.45) is 0 Å². The van der Waals surface area contributed by atoms with Gasteiger partial charge in [-0.3, -0.25) is 19.7 Å². The lowest BCUT2D eigenvalue weighted by Crippen LogP contribution is -2.47. The van der Waals surface area contributed by atoms with Gasteiger partial charge >= 0.3 is 5.69 Å². The molecule has 2 aromatic rings. The van der Waals surface area contributed by atoms with Gasteiger partial charge in [-0.2, -0.15) is 0 Å². The first-order chi connectivity index (χ1) is 12.1. The van der Waals surface area contributed by atoms with Crippen molar-refractivity contribution in [3.63, 3.8) is 0 Å². The van der Waals surface area contributed by atoms with E-state index in [4.69, 9.17) is 16.3 Å². The molecular weight excluding hydrogens is 344 g/mol. The van der Waals surface area contributed by atoms with E-state index in [9.17, 15) is 9.59 Å². The molecule has 1 aliphatic heterocycles. The van der Waals surface area contributed by atoms with Crippen molar-refractivity contribution in [2.45, 2.75) is 6.42 Å². The number of benzene rings is 1. The van der Waals surface area contributed by atoms with E-state index in [0.29, 0.717) is 17.4 Å². The summed E-state index contributed by atoms with van der Waals surface area (Å²) in [5.41, 5.74) is -0.843. The Labute approximate surface area is 150 Å². The fourth-order valence-corrected chi connectivity index (χ4v) is 2.97. The highest BCUT2D eigenvalue weighted by atomic mass is 35.5. The molecule has 3 rings (SSSR count). The minimum atomic E-state index is -0.468. The Morgan fingerprint density at radius 1 is 1.04 bits per heavy atom. The third-order valence-electron chi connectivity index (χ3n) is 4.16. The Kier molecular flexibility index (Phi) is 5.78. The maximum atomic E-state index is 11.4. The second kappa shape index (κ2) is 8.22. The van der Waals surface area contributed by atoms with Crippen LogP contribution in [-0.4, -0.2) is 54.2 Å². The van der Waals surface area contributed by atoms with Gasteiger partial charge < -0.3 is 9.64 Å². The third-order valence-corrected chi connectivity index (χ3v) is 4.41. The Hall–Kier alpha value is -2.25. The molecule has 2 heterocycles. The highest BCUT2D eigenvalue weighted by Gasteiger charge is 2.17. The first-order valence-electron chi connectivity index (χ1n) is 8.29. The summed E-state index contributed by atoms with van der Waals surface area (Å²) in [5, 5.41) is 0.701. The summed E-state index contributed by atoms with van der Waals surface area (Å²) in [6.07, 6.45) is 0.935. The molecule has 7 nitrogen and oxygen atoms in total. The van der Waals surface area contributed by atoms with Gasteiger partial charge in [0.05, 0.1) is 6.61 Å². The van der Waals surface area contributed by atoms with Crippen molar-refractivity contribution in [3.05, 3.63) is 56.2 Å². The summed E-state index contributed by atoms with van der Waals surface area (Å²) in [4.78, 5) is 32.0. The predicted molar refractivity (Wildman–Crippen MR) is 97.9 cm³/mol. The molecule has 0 aliphatic carbocycles. The van der Waals surface area contributed by atoms with E-state index < -0.39 is 5.69 Å². The first-order valence-corrected chi connectivity index (χ1v) is 8.67.